The first-order valence-electron chi connectivity index (χ1n) is 11.1. The summed E-state index contributed by atoms with van der Waals surface area (Å²) in [4.78, 5) is 9.84. The Morgan fingerprint density at radius 1 is 1.16 bits per heavy atom. The molecule has 8 heteroatoms. The molecule has 1 aromatic carbocycles. The maximum Gasteiger partial charge on any atom is 0.194 e. The second-order valence-corrected chi connectivity index (χ2v) is 8.05. The van der Waals surface area contributed by atoms with E-state index in [-0.39, 0.29) is 30.1 Å². The molecule has 0 radical (unpaired) electrons. The van der Waals surface area contributed by atoms with E-state index in [0.717, 1.165) is 76.9 Å². The monoisotopic (exact) mass is 539 g/mol. The fourth-order valence-electron chi connectivity index (χ4n) is 4.34. The highest BCUT2D eigenvalue weighted by Crippen LogP contribution is 2.33. The molecule has 7 nitrogen and oxygen atoms in total. The first kappa shape index (κ1) is 24.0. The van der Waals surface area contributed by atoms with Crippen LogP contribution in [0, 0.1) is 5.92 Å². The lowest BCUT2D eigenvalue weighted by molar-refractivity contribution is -0.0251. The quantitative estimate of drug-likeness (QED) is 0.344. The highest BCUT2D eigenvalue weighted by molar-refractivity contribution is 14.0. The number of nitrogens with zero attached hydrogens (tertiary/aromatic N) is 4. The van der Waals surface area contributed by atoms with Gasteiger partial charge in [0.05, 0.1) is 11.8 Å². The summed E-state index contributed by atoms with van der Waals surface area (Å²) >= 11 is 0. The zero-order chi connectivity index (χ0) is 20.6. The van der Waals surface area contributed by atoms with Gasteiger partial charge in [0.15, 0.2) is 5.96 Å². The van der Waals surface area contributed by atoms with E-state index in [0.29, 0.717) is 5.92 Å². The zero-order valence-corrected chi connectivity index (χ0v) is 20.6. The minimum atomic E-state index is 0. The van der Waals surface area contributed by atoms with Crippen LogP contribution in [0.15, 0.2) is 52.2 Å². The average Bonchev–Trinajstić information content (AvgIpc) is 3.31. The summed E-state index contributed by atoms with van der Waals surface area (Å²) in [5.41, 5.74) is 2.26. The number of aliphatic imine (C=N–C) groups is 1. The van der Waals surface area contributed by atoms with Crippen molar-refractivity contribution in [1.29, 1.82) is 0 Å². The SMILES string of the molecule is CCNC(=NCC1CCCOC1c1ccccc1)N1CCN(Cc2ccon2)CC1.I. The van der Waals surface area contributed by atoms with Crippen LogP contribution < -0.4 is 5.32 Å². The highest BCUT2D eigenvalue weighted by Gasteiger charge is 2.28. The molecule has 0 bridgehead atoms. The summed E-state index contributed by atoms with van der Waals surface area (Å²) in [6, 6.07) is 12.5. The van der Waals surface area contributed by atoms with E-state index >= 15 is 0 Å². The molecule has 0 aliphatic carbocycles. The van der Waals surface area contributed by atoms with Crippen molar-refractivity contribution in [3.8, 4) is 0 Å². The van der Waals surface area contributed by atoms with Crippen LogP contribution >= 0.6 is 24.0 Å². The lowest BCUT2D eigenvalue weighted by Crippen LogP contribution is -2.52. The van der Waals surface area contributed by atoms with Crippen molar-refractivity contribution in [2.45, 2.75) is 32.4 Å². The average molecular weight is 539 g/mol. The molecule has 0 amide bonds. The van der Waals surface area contributed by atoms with Crippen LogP contribution in [0.25, 0.3) is 0 Å². The Balaban J connectivity index is 0.00000272. The summed E-state index contributed by atoms with van der Waals surface area (Å²) < 4.78 is 11.1. The zero-order valence-electron chi connectivity index (χ0n) is 18.3. The topological polar surface area (TPSA) is 66.1 Å². The third-order valence-electron chi connectivity index (χ3n) is 5.93. The van der Waals surface area contributed by atoms with Gasteiger partial charge in [-0.05, 0) is 25.3 Å². The number of aromatic nitrogens is 1. The van der Waals surface area contributed by atoms with Gasteiger partial charge in [0, 0.05) is 64.4 Å². The minimum absolute atomic E-state index is 0. The second kappa shape index (κ2) is 12.4. The van der Waals surface area contributed by atoms with Crippen molar-refractivity contribution in [3.05, 3.63) is 53.9 Å². The third kappa shape index (κ3) is 6.66. The van der Waals surface area contributed by atoms with Crippen LogP contribution in [0.4, 0.5) is 0 Å². The van der Waals surface area contributed by atoms with Crippen LogP contribution in [0.5, 0.6) is 0 Å². The molecule has 0 saturated carbocycles. The van der Waals surface area contributed by atoms with Crippen molar-refractivity contribution in [1.82, 2.24) is 20.3 Å². The Morgan fingerprint density at radius 3 is 2.68 bits per heavy atom. The van der Waals surface area contributed by atoms with Gasteiger partial charge in [-0.3, -0.25) is 9.89 Å². The van der Waals surface area contributed by atoms with Gasteiger partial charge >= 0.3 is 0 Å². The van der Waals surface area contributed by atoms with Gasteiger partial charge in [0.2, 0.25) is 0 Å². The van der Waals surface area contributed by atoms with Crippen LogP contribution in [0.2, 0.25) is 0 Å². The summed E-state index contributed by atoms with van der Waals surface area (Å²) in [5, 5.41) is 7.53. The van der Waals surface area contributed by atoms with Crippen LogP contribution in [0.1, 0.15) is 37.1 Å². The van der Waals surface area contributed by atoms with Gasteiger partial charge in [0.1, 0.15) is 6.26 Å². The molecule has 2 aromatic rings. The van der Waals surface area contributed by atoms with E-state index in [1.807, 2.05) is 6.07 Å². The van der Waals surface area contributed by atoms with Gasteiger partial charge in [-0.15, -0.1) is 24.0 Å². The van der Waals surface area contributed by atoms with Gasteiger partial charge in [-0.2, -0.15) is 0 Å². The van der Waals surface area contributed by atoms with Crippen molar-refractivity contribution in [3.63, 3.8) is 0 Å². The number of ether oxygens (including phenoxy) is 1. The molecule has 2 atom stereocenters. The molecular formula is C23H34IN5O2. The molecule has 170 valence electrons. The summed E-state index contributed by atoms with van der Waals surface area (Å²) in [7, 11) is 0. The first-order chi connectivity index (χ1) is 14.8. The molecule has 3 heterocycles. The number of hydrogen-bond donors (Lipinski definition) is 1. The predicted molar refractivity (Wildman–Crippen MR) is 133 cm³/mol. The van der Waals surface area contributed by atoms with E-state index in [4.69, 9.17) is 14.3 Å². The lowest BCUT2D eigenvalue weighted by atomic mass is 9.89. The van der Waals surface area contributed by atoms with Gasteiger partial charge in [0.25, 0.3) is 0 Å². The summed E-state index contributed by atoms with van der Waals surface area (Å²) in [6.45, 7) is 9.41. The number of rotatable bonds is 6. The van der Waals surface area contributed by atoms with E-state index < -0.39 is 0 Å². The highest BCUT2D eigenvalue weighted by atomic mass is 127. The largest absolute Gasteiger partial charge is 0.373 e. The molecule has 1 N–H and O–H groups in total. The Hall–Kier alpha value is -1.65. The fourth-order valence-corrected chi connectivity index (χ4v) is 4.34. The Morgan fingerprint density at radius 2 is 1.97 bits per heavy atom. The van der Waals surface area contributed by atoms with Crippen molar-refractivity contribution < 1.29 is 9.26 Å². The van der Waals surface area contributed by atoms with Crippen LogP contribution in [-0.4, -0.2) is 66.8 Å². The van der Waals surface area contributed by atoms with Gasteiger partial charge in [-0.1, -0.05) is 35.5 Å². The van der Waals surface area contributed by atoms with Crippen LogP contribution in [0.3, 0.4) is 0 Å². The second-order valence-electron chi connectivity index (χ2n) is 8.05. The van der Waals surface area contributed by atoms with Gasteiger partial charge < -0.3 is 19.5 Å². The summed E-state index contributed by atoms with van der Waals surface area (Å²) in [5.74, 6) is 1.44. The smallest absolute Gasteiger partial charge is 0.194 e. The fraction of sp³-hybridized carbons (Fsp3) is 0.565. The Kier molecular flexibility index (Phi) is 9.60. The number of hydrogen-bond acceptors (Lipinski definition) is 5. The molecule has 2 unspecified atom stereocenters. The Labute approximate surface area is 202 Å². The number of piperazine rings is 1. The molecule has 4 rings (SSSR count). The standard InChI is InChI=1S/C23H33N5O2.HI/c1-2-24-23(28-13-11-27(12-14-28)18-21-10-16-30-26-21)25-17-20-9-6-15-29-22(20)19-7-4-3-5-8-19;/h3-5,7-8,10,16,20,22H,2,6,9,11-15,17-18H2,1H3,(H,24,25);1H. The number of benzene rings is 1. The first-order valence-corrected chi connectivity index (χ1v) is 11.1. The number of nitrogens with one attached hydrogen (secondary N) is 1. The molecule has 2 aliphatic heterocycles. The number of halogens is 1. The molecule has 31 heavy (non-hydrogen) atoms. The van der Waals surface area contributed by atoms with E-state index in [2.05, 4.69) is 57.5 Å². The molecule has 2 aliphatic rings. The normalized spacial score (nSPS) is 22.7. The molecule has 2 saturated heterocycles. The van der Waals surface area contributed by atoms with Gasteiger partial charge in [-0.25, -0.2) is 0 Å². The van der Waals surface area contributed by atoms with E-state index in [1.165, 1.54) is 5.56 Å². The number of guanidine groups is 1. The predicted octanol–water partition coefficient (Wildman–Crippen LogP) is 3.54. The van der Waals surface area contributed by atoms with Crippen molar-refractivity contribution in [2.24, 2.45) is 10.9 Å². The molecule has 2 fully saturated rings. The van der Waals surface area contributed by atoms with E-state index in [1.54, 1.807) is 6.26 Å². The van der Waals surface area contributed by atoms with Crippen LogP contribution in [-0.2, 0) is 11.3 Å². The van der Waals surface area contributed by atoms with E-state index in [9.17, 15) is 0 Å². The minimum Gasteiger partial charge on any atom is -0.373 e. The summed E-state index contributed by atoms with van der Waals surface area (Å²) in [6.07, 6.45) is 4.05. The Bertz CT molecular complexity index is 779. The molecule has 0 spiro atoms. The van der Waals surface area contributed by atoms with Crippen molar-refractivity contribution in [2.75, 3.05) is 45.9 Å². The maximum atomic E-state index is 6.15. The molecule has 1 aromatic heterocycles. The third-order valence-corrected chi connectivity index (χ3v) is 5.93. The maximum absolute atomic E-state index is 6.15. The van der Waals surface area contributed by atoms with Crippen molar-refractivity contribution >= 4 is 29.9 Å². The lowest BCUT2D eigenvalue weighted by Gasteiger charge is -2.36. The molecular weight excluding hydrogens is 505 g/mol.